The van der Waals surface area contributed by atoms with Gasteiger partial charge in [0.25, 0.3) is 0 Å². The predicted molar refractivity (Wildman–Crippen MR) is 218 cm³/mol. The van der Waals surface area contributed by atoms with E-state index < -0.39 is 36.9 Å². The Bertz CT molecular complexity index is 2150. The van der Waals surface area contributed by atoms with Crippen LogP contribution in [0.1, 0.15) is 70.7 Å². The summed E-state index contributed by atoms with van der Waals surface area (Å²) in [7, 11) is 2.48. The zero-order valence-corrected chi connectivity index (χ0v) is 34.5. The Morgan fingerprint density at radius 3 is 1.85 bits per heavy atom. The summed E-state index contributed by atoms with van der Waals surface area (Å²) in [6.07, 6.45) is 5.62. The lowest BCUT2D eigenvalue weighted by Gasteiger charge is -2.30. The number of likely N-dealkylation sites (tertiary alicyclic amines) is 2. The number of halogens is 2. The van der Waals surface area contributed by atoms with Crippen LogP contribution in [0.3, 0.4) is 0 Å². The van der Waals surface area contributed by atoms with Gasteiger partial charge in [-0.2, -0.15) is 8.78 Å². The van der Waals surface area contributed by atoms with Gasteiger partial charge in [0.15, 0.2) is 0 Å². The van der Waals surface area contributed by atoms with Crippen molar-refractivity contribution in [2.75, 3.05) is 33.9 Å². The lowest BCUT2D eigenvalue weighted by molar-refractivity contribution is -0.139. The number of rotatable bonds is 14. The minimum Gasteiger partial charge on any atom is -0.453 e. The van der Waals surface area contributed by atoms with Crippen molar-refractivity contribution in [1.82, 2.24) is 40.4 Å². The van der Waals surface area contributed by atoms with E-state index in [-0.39, 0.29) is 42.8 Å². The van der Waals surface area contributed by atoms with Crippen molar-refractivity contribution < 1.29 is 42.2 Å². The molecule has 5 unspecified atom stereocenters. The number of methoxy groups -OCH3 is 2. The minimum atomic E-state index is -2.93. The zero-order valence-electron chi connectivity index (χ0n) is 34.5. The number of carbonyl (C=O) groups excluding carboxylic acids is 4. The summed E-state index contributed by atoms with van der Waals surface area (Å²) >= 11 is 0. The van der Waals surface area contributed by atoms with E-state index in [1.54, 1.807) is 42.1 Å². The van der Waals surface area contributed by atoms with Crippen LogP contribution in [0.25, 0.3) is 33.6 Å². The summed E-state index contributed by atoms with van der Waals surface area (Å²) in [6, 6.07) is 13.4. The van der Waals surface area contributed by atoms with Crippen molar-refractivity contribution in [2.24, 2.45) is 11.8 Å². The van der Waals surface area contributed by atoms with Gasteiger partial charge in [0.2, 0.25) is 11.8 Å². The van der Waals surface area contributed by atoms with Gasteiger partial charge in [-0.1, -0.05) is 74.0 Å². The highest BCUT2D eigenvalue weighted by atomic mass is 19.3. The van der Waals surface area contributed by atoms with Crippen molar-refractivity contribution in [3.8, 4) is 33.6 Å². The number of benzene rings is 2. The molecule has 2 aliphatic heterocycles. The third-order valence-electron chi connectivity index (χ3n) is 10.8. The molecule has 17 heteroatoms. The summed E-state index contributed by atoms with van der Waals surface area (Å²) in [6.45, 7) is 4.86. The molecular weight excluding hydrogens is 779 g/mol. The molecule has 2 aliphatic rings. The van der Waals surface area contributed by atoms with Crippen molar-refractivity contribution >= 4 is 24.0 Å². The molecule has 2 fully saturated rings. The second kappa shape index (κ2) is 19.3. The van der Waals surface area contributed by atoms with Crippen molar-refractivity contribution in [3.63, 3.8) is 0 Å². The Kier molecular flexibility index (Phi) is 14.0. The number of nitrogens with one attached hydrogen (secondary N) is 4. The number of H-pyrrole nitrogens is 2. The molecular formula is C43H52F2N8O7. The van der Waals surface area contributed by atoms with E-state index in [4.69, 9.17) is 9.47 Å². The number of hydrogen-bond donors (Lipinski definition) is 4. The third kappa shape index (κ3) is 10.2. The molecule has 5 atom stereocenters. The van der Waals surface area contributed by atoms with Gasteiger partial charge in [-0.05, 0) is 61.3 Å². The van der Waals surface area contributed by atoms with Crippen molar-refractivity contribution in [1.29, 1.82) is 0 Å². The van der Waals surface area contributed by atoms with Crippen LogP contribution >= 0.6 is 0 Å². The maximum Gasteiger partial charge on any atom is 0.407 e. The number of nitrogens with zero attached hydrogens (tertiary/aromatic N) is 4. The summed E-state index contributed by atoms with van der Waals surface area (Å²) < 4.78 is 40.0. The van der Waals surface area contributed by atoms with E-state index in [0.29, 0.717) is 30.3 Å². The van der Waals surface area contributed by atoms with E-state index in [2.05, 4.69) is 35.3 Å². The molecule has 2 aromatic heterocycles. The first kappa shape index (κ1) is 43.5. The van der Waals surface area contributed by atoms with Gasteiger partial charge in [0.05, 0.1) is 56.7 Å². The molecule has 4 amide bonds. The second-order valence-electron chi connectivity index (χ2n) is 15.6. The topological polar surface area (TPSA) is 184 Å². The van der Waals surface area contributed by atoms with Gasteiger partial charge in [-0.3, -0.25) is 9.59 Å². The lowest BCUT2D eigenvalue weighted by atomic mass is 10.0. The van der Waals surface area contributed by atoms with E-state index in [1.165, 1.54) is 14.2 Å². The number of aromatic nitrogens is 4. The van der Waals surface area contributed by atoms with Crippen molar-refractivity contribution in [3.05, 3.63) is 84.2 Å². The number of aromatic amines is 2. The number of hydrogen-bond acceptors (Lipinski definition) is 9. The molecule has 4 N–H and O–H groups in total. The molecule has 2 saturated heterocycles. The quantitative estimate of drug-likeness (QED) is 0.0973. The van der Waals surface area contributed by atoms with Crippen LogP contribution in [0.15, 0.2) is 72.6 Å². The Labute approximate surface area is 347 Å². The molecule has 4 aromatic rings. The van der Waals surface area contributed by atoms with Gasteiger partial charge in [0.1, 0.15) is 23.7 Å². The van der Waals surface area contributed by atoms with E-state index in [1.807, 2.05) is 62.4 Å². The van der Waals surface area contributed by atoms with Gasteiger partial charge in [0, 0.05) is 19.0 Å². The molecule has 0 saturated carbocycles. The smallest absolute Gasteiger partial charge is 0.407 e. The lowest BCUT2D eigenvalue weighted by Crippen LogP contribution is -2.51. The van der Waals surface area contributed by atoms with Gasteiger partial charge < -0.3 is 44.6 Å². The molecule has 60 heavy (non-hydrogen) atoms. The van der Waals surface area contributed by atoms with Crippen LogP contribution in [-0.4, -0.2) is 106 Å². The summed E-state index contributed by atoms with van der Waals surface area (Å²) in [5.74, 6) is -0.0612. The normalized spacial score (nSPS) is 18.7. The summed E-state index contributed by atoms with van der Waals surface area (Å²) in [5, 5.41) is 5.24. The molecule has 320 valence electrons. The molecule has 0 aliphatic carbocycles. The fourth-order valence-electron chi connectivity index (χ4n) is 7.81. The second-order valence-corrected chi connectivity index (χ2v) is 15.6. The van der Waals surface area contributed by atoms with Crippen LogP contribution in [0.5, 0.6) is 0 Å². The minimum absolute atomic E-state index is 0.155. The zero-order chi connectivity index (χ0) is 43.1. The molecule has 0 radical (unpaired) electrons. The largest absolute Gasteiger partial charge is 0.453 e. The van der Waals surface area contributed by atoms with E-state index in [0.717, 1.165) is 46.4 Å². The van der Waals surface area contributed by atoms with Gasteiger partial charge in [-0.15, -0.1) is 0 Å². The number of imidazole rings is 2. The van der Waals surface area contributed by atoms with Crippen LogP contribution < -0.4 is 10.6 Å². The van der Waals surface area contributed by atoms with E-state index in [9.17, 15) is 28.0 Å². The fraction of sp³-hybridized carbons (Fsp3) is 0.442. The summed E-state index contributed by atoms with van der Waals surface area (Å²) in [4.78, 5) is 70.8. The number of allylic oxidation sites excluding steroid dienone is 1. The molecule has 6 rings (SSSR count). The van der Waals surface area contributed by atoms with Gasteiger partial charge in [-0.25, -0.2) is 19.6 Å². The Hall–Kier alpha value is -6.10. The van der Waals surface area contributed by atoms with Crippen LogP contribution in [-0.2, 0) is 23.8 Å². The molecule has 0 spiro atoms. The average molecular weight is 831 g/mol. The summed E-state index contributed by atoms with van der Waals surface area (Å²) in [5.41, 5.74) is 6.16. The van der Waals surface area contributed by atoms with Crippen molar-refractivity contribution in [2.45, 2.75) is 77.7 Å². The Balaban J connectivity index is 1.14. The first-order chi connectivity index (χ1) is 28.8. The molecule has 4 heterocycles. The number of amides is 4. The van der Waals surface area contributed by atoms with Crippen LogP contribution in [0.2, 0.25) is 0 Å². The number of carbonyl (C=O) groups is 4. The Morgan fingerprint density at radius 1 is 0.800 bits per heavy atom. The third-order valence-corrected chi connectivity index (χ3v) is 10.8. The number of alkyl carbamates (subject to hydrolysis) is 2. The van der Waals surface area contributed by atoms with Crippen LogP contribution in [0, 0.1) is 11.8 Å². The van der Waals surface area contributed by atoms with E-state index >= 15 is 0 Å². The monoisotopic (exact) mass is 830 g/mol. The number of ether oxygens (including phenoxy) is 3. The maximum atomic E-state index is 13.8. The predicted octanol–water partition coefficient (Wildman–Crippen LogP) is 7.00. The molecule has 2 aromatic carbocycles. The highest BCUT2D eigenvalue weighted by Gasteiger charge is 2.42. The Morgan fingerprint density at radius 2 is 1.33 bits per heavy atom. The highest BCUT2D eigenvalue weighted by molar-refractivity contribution is 5.88. The van der Waals surface area contributed by atoms with Gasteiger partial charge >= 0.3 is 18.8 Å². The van der Waals surface area contributed by atoms with Crippen LogP contribution in [0.4, 0.5) is 18.4 Å². The highest BCUT2D eigenvalue weighted by Crippen LogP contribution is 2.37. The standard InChI is InChI=1S/C43H52F2N8O7/c1-24(2)18-31(50-42(56)58-5)39(54)52-17-7-8-34(52)37-46-20-32(48-37)29-13-9-27(10-14-29)28-11-15-30(16-12-28)33-21-47-38(49-33)35-19-26(23-60-41(44)45)22-53(35)40(55)36(25(3)4)51-43(57)59-6/h9-16,18,20-21,25-26,31,34-36,41H,7-8,17,19,22-23H2,1-6H3,(H,46,48)(H,47,49)(H,50,56)(H,51,57). The fourth-order valence-corrected chi connectivity index (χ4v) is 7.81. The first-order valence-corrected chi connectivity index (χ1v) is 19.9. The maximum absolute atomic E-state index is 13.8. The molecule has 0 bridgehead atoms. The first-order valence-electron chi connectivity index (χ1n) is 19.9. The SMILES string of the molecule is COC(=O)NC(C=C(C)C)C(=O)N1CCCC1c1ncc(-c2ccc(-c3ccc(-c4cnc(C5CC(COC(F)F)CN5C(=O)C(NC(=O)OC)C(C)C)[nH]4)cc3)cc2)[nH]1. The average Bonchev–Trinajstić information content (AvgIpc) is 4.08. The number of alkyl halides is 2. The molecule has 15 nitrogen and oxygen atoms in total.